The van der Waals surface area contributed by atoms with Gasteiger partial charge in [-0.25, -0.2) is 4.98 Å². The largest absolute Gasteiger partial charge is 0.395 e. The first-order valence-corrected chi connectivity index (χ1v) is 7.80. The van der Waals surface area contributed by atoms with Crippen LogP contribution in [0.25, 0.3) is 0 Å². The number of nitrogens with one attached hydrogen (secondary N) is 1. The van der Waals surface area contributed by atoms with Crippen molar-refractivity contribution in [1.82, 2.24) is 10.3 Å². The van der Waals surface area contributed by atoms with Gasteiger partial charge in [0, 0.05) is 18.0 Å². The second-order valence-corrected chi connectivity index (χ2v) is 6.01. The van der Waals surface area contributed by atoms with E-state index in [-0.39, 0.29) is 18.6 Å². The van der Waals surface area contributed by atoms with Crippen molar-refractivity contribution in [3.05, 3.63) is 38.5 Å². The third-order valence-electron chi connectivity index (χ3n) is 2.45. The molecule has 0 aliphatic heterocycles. The van der Waals surface area contributed by atoms with Crippen LogP contribution in [0.15, 0.2) is 23.7 Å². The van der Waals surface area contributed by atoms with E-state index in [2.05, 4.69) is 22.1 Å². The Kier molecular flexibility index (Phi) is 5.30. The Balaban J connectivity index is 1.98. The average Bonchev–Trinajstić information content (AvgIpc) is 3.10. The van der Waals surface area contributed by atoms with Gasteiger partial charge in [-0.15, -0.1) is 22.7 Å². The van der Waals surface area contributed by atoms with Crippen LogP contribution >= 0.6 is 22.7 Å². The van der Waals surface area contributed by atoms with Gasteiger partial charge in [0.2, 0.25) is 0 Å². The molecular weight excluding hydrogens is 292 g/mol. The lowest BCUT2D eigenvalue weighted by Gasteiger charge is -2.09. The first-order chi connectivity index (χ1) is 9.70. The van der Waals surface area contributed by atoms with E-state index in [1.54, 1.807) is 12.3 Å². The first kappa shape index (κ1) is 14.7. The van der Waals surface area contributed by atoms with Crippen molar-refractivity contribution in [2.45, 2.75) is 19.4 Å². The van der Waals surface area contributed by atoms with E-state index in [0.29, 0.717) is 11.3 Å². The molecule has 0 saturated heterocycles. The van der Waals surface area contributed by atoms with E-state index in [4.69, 9.17) is 5.11 Å². The Morgan fingerprint density at radius 1 is 1.55 bits per heavy atom. The van der Waals surface area contributed by atoms with Gasteiger partial charge in [0.15, 0.2) is 0 Å². The van der Waals surface area contributed by atoms with Crippen LogP contribution in [0.4, 0.5) is 0 Å². The van der Waals surface area contributed by atoms with Gasteiger partial charge in [-0.3, -0.25) is 4.79 Å². The highest BCUT2D eigenvalue weighted by Gasteiger charge is 2.14. The number of carbonyl (C=O) groups excluding carboxylic acids is 1. The molecule has 104 valence electrons. The summed E-state index contributed by atoms with van der Waals surface area (Å²) in [5.74, 6) is 5.64. The molecule has 0 saturated carbocycles. The van der Waals surface area contributed by atoms with Crippen molar-refractivity contribution in [3.8, 4) is 11.8 Å². The highest BCUT2D eigenvalue weighted by Crippen LogP contribution is 2.19. The average molecular weight is 306 g/mol. The Bertz CT molecular complexity index is 623. The Morgan fingerprint density at radius 2 is 2.40 bits per heavy atom. The maximum absolute atomic E-state index is 12.1. The van der Waals surface area contributed by atoms with Crippen molar-refractivity contribution >= 4 is 28.6 Å². The summed E-state index contributed by atoms with van der Waals surface area (Å²) in [6.07, 6.45) is 2.17. The van der Waals surface area contributed by atoms with Crippen molar-refractivity contribution in [2.75, 3.05) is 6.61 Å². The van der Waals surface area contributed by atoms with E-state index in [1.165, 1.54) is 22.7 Å². The molecule has 0 bridgehead atoms. The molecular formula is C14H14N2O2S2. The molecule has 20 heavy (non-hydrogen) atoms. The van der Waals surface area contributed by atoms with Crippen LogP contribution in [0.3, 0.4) is 0 Å². The minimum absolute atomic E-state index is 0.0526. The normalized spacial score (nSPS) is 11.5. The molecule has 0 aromatic carbocycles. The predicted molar refractivity (Wildman–Crippen MR) is 80.9 cm³/mol. The third-order valence-corrected chi connectivity index (χ3v) is 4.41. The first-order valence-electron chi connectivity index (χ1n) is 6.10. The van der Waals surface area contributed by atoms with Gasteiger partial charge >= 0.3 is 0 Å². The minimum Gasteiger partial charge on any atom is -0.395 e. The summed E-state index contributed by atoms with van der Waals surface area (Å²) < 4.78 is 0. The van der Waals surface area contributed by atoms with Crippen molar-refractivity contribution in [2.24, 2.45) is 0 Å². The van der Waals surface area contributed by atoms with Gasteiger partial charge in [-0.1, -0.05) is 11.8 Å². The van der Waals surface area contributed by atoms with E-state index < -0.39 is 0 Å². The summed E-state index contributed by atoms with van der Waals surface area (Å²) in [5.41, 5.74) is 0. The van der Waals surface area contributed by atoms with Crippen LogP contribution in [0.5, 0.6) is 0 Å². The number of hydrogen-bond acceptors (Lipinski definition) is 5. The monoisotopic (exact) mass is 306 g/mol. The smallest absolute Gasteiger partial charge is 0.261 e. The topological polar surface area (TPSA) is 62.2 Å². The molecule has 1 atom stereocenters. The van der Waals surface area contributed by atoms with Crippen molar-refractivity contribution in [1.29, 1.82) is 0 Å². The van der Waals surface area contributed by atoms with Crippen LogP contribution in [-0.4, -0.2) is 22.6 Å². The van der Waals surface area contributed by atoms with Crippen LogP contribution in [0.2, 0.25) is 0 Å². The van der Waals surface area contributed by atoms with Gasteiger partial charge in [-0.2, -0.15) is 0 Å². The van der Waals surface area contributed by atoms with E-state index in [1.807, 2.05) is 18.4 Å². The summed E-state index contributed by atoms with van der Waals surface area (Å²) in [5, 5.41) is 14.3. The van der Waals surface area contributed by atoms with Gasteiger partial charge in [-0.05, 0) is 19.1 Å². The molecule has 0 fully saturated rings. The van der Waals surface area contributed by atoms with Gasteiger partial charge in [0.25, 0.3) is 5.91 Å². The SMILES string of the molecule is CC(NC(=O)c1ccc(C#CCCO)s1)c1nccs1. The molecule has 4 nitrogen and oxygen atoms in total. The molecule has 2 heterocycles. The fourth-order valence-corrected chi connectivity index (χ4v) is 2.94. The number of thiazole rings is 1. The number of aromatic nitrogens is 1. The highest BCUT2D eigenvalue weighted by molar-refractivity contribution is 7.14. The van der Waals surface area contributed by atoms with Crippen LogP contribution in [0, 0.1) is 11.8 Å². The fourth-order valence-electron chi connectivity index (χ4n) is 1.51. The number of aliphatic hydroxyl groups is 1. The molecule has 2 N–H and O–H groups in total. The van der Waals surface area contributed by atoms with E-state index in [0.717, 1.165) is 9.88 Å². The summed E-state index contributed by atoms with van der Waals surface area (Å²) >= 11 is 2.86. The summed E-state index contributed by atoms with van der Waals surface area (Å²) in [6.45, 7) is 1.96. The molecule has 2 aromatic rings. The minimum atomic E-state index is -0.118. The summed E-state index contributed by atoms with van der Waals surface area (Å²) in [4.78, 5) is 17.7. The lowest BCUT2D eigenvalue weighted by atomic mass is 10.3. The summed E-state index contributed by atoms with van der Waals surface area (Å²) in [6, 6.07) is 3.48. The zero-order chi connectivity index (χ0) is 14.4. The Morgan fingerprint density at radius 3 is 3.10 bits per heavy atom. The molecule has 2 rings (SSSR count). The number of rotatable bonds is 4. The molecule has 1 amide bonds. The van der Waals surface area contributed by atoms with Crippen molar-refractivity contribution < 1.29 is 9.90 Å². The number of carbonyl (C=O) groups is 1. The van der Waals surface area contributed by atoms with Gasteiger partial charge in [0.1, 0.15) is 5.01 Å². The summed E-state index contributed by atoms with van der Waals surface area (Å²) in [7, 11) is 0. The quantitative estimate of drug-likeness (QED) is 0.853. The third kappa shape index (κ3) is 3.90. The Hall–Kier alpha value is -1.68. The predicted octanol–water partition coefficient (Wildman–Crippen LogP) is 2.43. The molecule has 0 aliphatic rings. The molecule has 1 unspecified atom stereocenters. The maximum atomic E-state index is 12.1. The fraction of sp³-hybridized carbons (Fsp3) is 0.286. The highest BCUT2D eigenvalue weighted by atomic mass is 32.1. The zero-order valence-electron chi connectivity index (χ0n) is 10.9. The van der Waals surface area contributed by atoms with Crippen LogP contribution in [-0.2, 0) is 0 Å². The number of hydrogen-bond donors (Lipinski definition) is 2. The Labute approximate surface area is 125 Å². The maximum Gasteiger partial charge on any atom is 0.261 e. The van der Waals surface area contributed by atoms with E-state index in [9.17, 15) is 4.79 Å². The molecule has 0 aliphatic carbocycles. The van der Waals surface area contributed by atoms with Gasteiger partial charge < -0.3 is 10.4 Å². The van der Waals surface area contributed by atoms with Gasteiger partial charge in [0.05, 0.1) is 22.4 Å². The second-order valence-electron chi connectivity index (χ2n) is 4.00. The number of amides is 1. The molecule has 2 aromatic heterocycles. The lowest BCUT2D eigenvalue weighted by molar-refractivity contribution is 0.0944. The number of thiophene rings is 1. The zero-order valence-corrected chi connectivity index (χ0v) is 12.6. The van der Waals surface area contributed by atoms with E-state index >= 15 is 0 Å². The second kappa shape index (κ2) is 7.20. The standard InChI is InChI=1S/C14H14N2O2S2/c1-10(14-15-7-9-19-14)16-13(18)12-6-5-11(20-12)4-2-3-8-17/h5-7,9-10,17H,3,8H2,1H3,(H,16,18). The van der Waals surface area contributed by atoms with Crippen molar-refractivity contribution in [3.63, 3.8) is 0 Å². The number of aliphatic hydroxyl groups excluding tert-OH is 1. The number of nitrogens with zero attached hydrogens (tertiary/aromatic N) is 1. The molecule has 6 heteroatoms. The van der Waals surface area contributed by atoms with Crippen LogP contribution in [0.1, 0.15) is 38.9 Å². The van der Waals surface area contributed by atoms with Crippen LogP contribution < -0.4 is 5.32 Å². The lowest BCUT2D eigenvalue weighted by Crippen LogP contribution is -2.25. The molecule has 0 radical (unpaired) electrons. The molecule has 0 spiro atoms.